The molecule has 3 N–H and O–H groups in total. The average molecular weight is 626 g/mol. The number of nitrogens with two attached hydrogens (primary N) is 1. The van der Waals surface area contributed by atoms with Crippen LogP contribution in [0, 0.1) is 11.6 Å². The molecule has 0 saturated heterocycles. The summed E-state index contributed by atoms with van der Waals surface area (Å²) in [6, 6.07) is 17.0. The van der Waals surface area contributed by atoms with Crippen LogP contribution in [0.5, 0.6) is 5.88 Å². The Bertz CT molecular complexity index is 2090. The van der Waals surface area contributed by atoms with Crippen LogP contribution in [0.4, 0.5) is 20.3 Å². The molecule has 5 rings (SSSR count). The van der Waals surface area contributed by atoms with E-state index in [-0.39, 0.29) is 22.3 Å². The summed E-state index contributed by atoms with van der Waals surface area (Å²) in [5.41, 5.74) is 9.15. The highest BCUT2D eigenvalue weighted by atomic mass is 32.2. The van der Waals surface area contributed by atoms with Crippen LogP contribution >= 0.6 is 0 Å². The number of nitrogens with one attached hydrogen (secondary N) is 1. The third kappa shape index (κ3) is 5.84. The molecule has 0 aliphatic carbocycles. The number of pyridine rings is 2. The second-order valence-corrected chi connectivity index (χ2v) is 13.4. The Labute approximate surface area is 246 Å². The van der Waals surface area contributed by atoms with Gasteiger partial charge in [0.2, 0.25) is 15.9 Å². The third-order valence-corrected chi connectivity index (χ3v) is 9.82. The number of nitrogen functional groups attached to an aromatic ring is 1. The molecule has 222 valence electrons. The first kappa shape index (κ1) is 29.8. The summed E-state index contributed by atoms with van der Waals surface area (Å²) in [5.74, 6) is -1.98. The number of methoxy groups -OCH3 is 1. The number of ether oxygens (including phenoxy) is 1. The molecule has 0 atom stereocenters. The summed E-state index contributed by atoms with van der Waals surface area (Å²) in [6.07, 6.45) is 1.48. The van der Waals surface area contributed by atoms with Crippen molar-refractivity contribution in [3.8, 4) is 28.1 Å². The molecular weight excluding hydrogens is 600 g/mol. The minimum atomic E-state index is -4.46. The number of fused-ring (bicyclic) bond motifs is 1. The molecule has 0 fully saturated rings. The molecule has 0 spiro atoms. The fourth-order valence-electron chi connectivity index (χ4n) is 4.36. The fourth-order valence-corrected chi connectivity index (χ4v) is 6.37. The standard InChI is InChI=1S/C29H25F2N5O5S2/c1-36(2)43(39,40)22-8-4-17(5-9-22)23-13-19-12-18(6-10-25(19)34-28(23)32)20-14-26(29(41-3)33-16-20)35-42(37,38)27-11-7-21(30)15-24(27)31/h4-16,35H,1-3H3,(H2,32,34). The van der Waals surface area contributed by atoms with E-state index in [0.717, 1.165) is 16.4 Å². The number of anilines is 2. The number of sulfonamides is 2. The first-order chi connectivity index (χ1) is 20.3. The number of benzene rings is 3. The minimum Gasteiger partial charge on any atom is -0.480 e. The van der Waals surface area contributed by atoms with Gasteiger partial charge in [-0.2, -0.15) is 0 Å². The van der Waals surface area contributed by atoms with Gasteiger partial charge in [0, 0.05) is 42.9 Å². The molecule has 5 aromatic rings. The highest BCUT2D eigenvalue weighted by Gasteiger charge is 2.23. The normalized spacial score (nSPS) is 12.0. The second-order valence-electron chi connectivity index (χ2n) is 9.60. The van der Waals surface area contributed by atoms with Crippen molar-refractivity contribution in [2.75, 3.05) is 31.7 Å². The van der Waals surface area contributed by atoms with Gasteiger partial charge < -0.3 is 10.5 Å². The molecule has 3 aromatic carbocycles. The van der Waals surface area contributed by atoms with Gasteiger partial charge in [-0.15, -0.1) is 0 Å². The number of nitrogens with zero attached hydrogens (tertiary/aromatic N) is 3. The molecule has 0 aliphatic heterocycles. The minimum absolute atomic E-state index is 0.0623. The predicted octanol–water partition coefficient (Wildman–Crippen LogP) is 4.88. The molecule has 0 radical (unpaired) electrons. The first-order valence-electron chi connectivity index (χ1n) is 12.6. The van der Waals surface area contributed by atoms with E-state index in [1.807, 2.05) is 6.07 Å². The molecule has 2 heterocycles. The number of rotatable bonds is 8. The van der Waals surface area contributed by atoms with E-state index in [1.165, 1.54) is 45.6 Å². The van der Waals surface area contributed by atoms with Crippen molar-refractivity contribution in [3.05, 3.63) is 90.6 Å². The largest absolute Gasteiger partial charge is 0.480 e. The monoisotopic (exact) mass is 625 g/mol. The SMILES string of the molecule is COc1ncc(-c2ccc3nc(N)c(-c4ccc(S(=O)(=O)N(C)C)cc4)cc3c2)cc1NS(=O)(=O)c1ccc(F)cc1F. The number of halogens is 2. The summed E-state index contributed by atoms with van der Waals surface area (Å²) in [5, 5.41) is 0.693. The molecule has 43 heavy (non-hydrogen) atoms. The van der Waals surface area contributed by atoms with Gasteiger partial charge in [0.05, 0.1) is 17.5 Å². The summed E-state index contributed by atoms with van der Waals surface area (Å²) in [4.78, 5) is 8.08. The van der Waals surface area contributed by atoms with Crippen molar-refractivity contribution < 1.29 is 30.4 Å². The average Bonchev–Trinajstić information content (AvgIpc) is 2.96. The summed E-state index contributed by atoms with van der Waals surface area (Å²) in [7, 11) is -3.86. The van der Waals surface area contributed by atoms with Crippen molar-refractivity contribution in [3.63, 3.8) is 0 Å². The van der Waals surface area contributed by atoms with Crippen LogP contribution in [0.1, 0.15) is 0 Å². The lowest BCUT2D eigenvalue weighted by Crippen LogP contribution is -2.22. The lowest BCUT2D eigenvalue weighted by molar-refractivity contribution is 0.400. The summed E-state index contributed by atoms with van der Waals surface area (Å²) in [6.45, 7) is 0. The molecule has 10 nitrogen and oxygen atoms in total. The first-order valence-corrected chi connectivity index (χ1v) is 15.5. The Morgan fingerprint density at radius 1 is 0.860 bits per heavy atom. The summed E-state index contributed by atoms with van der Waals surface area (Å²) >= 11 is 0. The second kappa shape index (κ2) is 11.2. The van der Waals surface area contributed by atoms with Crippen LogP contribution in [0.25, 0.3) is 33.2 Å². The van der Waals surface area contributed by atoms with Gasteiger partial charge in [0.25, 0.3) is 10.0 Å². The zero-order valence-corrected chi connectivity index (χ0v) is 24.7. The van der Waals surface area contributed by atoms with E-state index in [4.69, 9.17) is 10.5 Å². The number of hydrogen-bond acceptors (Lipinski definition) is 8. The van der Waals surface area contributed by atoms with Crippen LogP contribution < -0.4 is 15.2 Å². The zero-order valence-electron chi connectivity index (χ0n) is 23.0. The van der Waals surface area contributed by atoms with Crippen LogP contribution in [0.15, 0.2) is 88.8 Å². The van der Waals surface area contributed by atoms with Crippen molar-refractivity contribution >= 4 is 42.5 Å². The van der Waals surface area contributed by atoms with Crippen molar-refractivity contribution in [2.24, 2.45) is 0 Å². The van der Waals surface area contributed by atoms with Crippen molar-refractivity contribution in [2.45, 2.75) is 9.79 Å². The quantitative estimate of drug-likeness (QED) is 0.248. The maximum absolute atomic E-state index is 14.3. The van der Waals surface area contributed by atoms with E-state index in [1.54, 1.807) is 30.3 Å². The van der Waals surface area contributed by atoms with E-state index in [2.05, 4.69) is 14.7 Å². The predicted molar refractivity (Wildman–Crippen MR) is 159 cm³/mol. The van der Waals surface area contributed by atoms with Gasteiger partial charge in [0.15, 0.2) is 0 Å². The molecule has 2 aromatic heterocycles. The topological polar surface area (TPSA) is 145 Å². The van der Waals surface area contributed by atoms with Gasteiger partial charge in [0.1, 0.15) is 28.0 Å². The number of aromatic nitrogens is 2. The maximum Gasteiger partial charge on any atom is 0.264 e. The van der Waals surface area contributed by atoms with E-state index >= 15 is 0 Å². The lowest BCUT2D eigenvalue weighted by Gasteiger charge is -2.14. The fraction of sp³-hybridized carbons (Fsp3) is 0.103. The molecule has 0 saturated carbocycles. The van der Waals surface area contributed by atoms with E-state index in [9.17, 15) is 25.6 Å². The van der Waals surface area contributed by atoms with Gasteiger partial charge in [-0.05, 0) is 59.7 Å². The molecule has 0 bridgehead atoms. The Kier molecular flexibility index (Phi) is 7.77. The van der Waals surface area contributed by atoms with Crippen molar-refractivity contribution in [1.29, 1.82) is 0 Å². The van der Waals surface area contributed by atoms with Crippen LogP contribution in [0.3, 0.4) is 0 Å². The third-order valence-electron chi connectivity index (χ3n) is 6.59. The van der Waals surface area contributed by atoms with Gasteiger partial charge in [-0.25, -0.2) is 39.9 Å². The number of hydrogen-bond donors (Lipinski definition) is 2. The molecule has 0 amide bonds. The maximum atomic E-state index is 14.3. The molecular formula is C29H25F2N5O5S2. The van der Waals surface area contributed by atoms with E-state index in [0.29, 0.717) is 39.2 Å². The summed E-state index contributed by atoms with van der Waals surface area (Å²) < 4.78 is 86.9. The van der Waals surface area contributed by atoms with Crippen LogP contribution in [-0.2, 0) is 20.0 Å². The van der Waals surface area contributed by atoms with Gasteiger partial charge in [-0.3, -0.25) is 4.72 Å². The van der Waals surface area contributed by atoms with Gasteiger partial charge in [-0.1, -0.05) is 18.2 Å². The van der Waals surface area contributed by atoms with Crippen molar-refractivity contribution in [1.82, 2.24) is 14.3 Å². The Morgan fingerprint density at radius 3 is 2.21 bits per heavy atom. The Balaban J connectivity index is 1.52. The van der Waals surface area contributed by atoms with E-state index < -0.39 is 36.6 Å². The van der Waals surface area contributed by atoms with Gasteiger partial charge >= 0.3 is 0 Å². The smallest absolute Gasteiger partial charge is 0.264 e. The molecule has 0 aliphatic rings. The highest BCUT2D eigenvalue weighted by Crippen LogP contribution is 2.34. The molecule has 14 heteroatoms. The van der Waals surface area contributed by atoms with Crippen LogP contribution in [0.2, 0.25) is 0 Å². The molecule has 0 unspecified atom stereocenters. The highest BCUT2D eigenvalue weighted by molar-refractivity contribution is 7.92. The Hall–Kier alpha value is -4.66. The Morgan fingerprint density at radius 2 is 1.56 bits per heavy atom. The zero-order chi connectivity index (χ0) is 31.1. The lowest BCUT2D eigenvalue weighted by atomic mass is 10.0. The van der Waals surface area contributed by atoms with Crippen LogP contribution in [-0.4, -0.2) is 52.3 Å².